The van der Waals surface area contributed by atoms with Crippen LogP contribution in [0.4, 0.5) is 0 Å². The number of pyridine rings is 1. The fourth-order valence-corrected chi connectivity index (χ4v) is 3.98. The van der Waals surface area contributed by atoms with E-state index >= 15 is 0 Å². The molecule has 1 aromatic carbocycles. The van der Waals surface area contributed by atoms with Crippen molar-refractivity contribution in [2.75, 3.05) is 13.2 Å². The van der Waals surface area contributed by atoms with E-state index in [0.717, 1.165) is 18.4 Å². The maximum atomic E-state index is 13.5. The molecule has 0 spiro atoms. The first-order valence-electron chi connectivity index (χ1n) is 11.4. The molecule has 8 nitrogen and oxygen atoms in total. The van der Waals surface area contributed by atoms with Gasteiger partial charge >= 0.3 is 5.97 Å². The number of aromatic nitrogens is 1. The fourth-order valence-electron chi connectivity index (χ4n) is 3.98. The van der Waals surface area contributed by atoms with Crippen LogP contribution in [0.3, 0.4) is 0 Å². The van der Waals surface area contributed by atoms with E-state index in [9.17, 15) is 19.2 Å². The number of carbonyl (C=O) groups is 3. The summed E-state index contributed by atoms with van der Waals surface area (Å²) >= 11 is 0. The summed E-state index contributed by atoms with van der Waals surface area (Å²) in [6, 6.07) is 8.64. The molecule has 1 aromatic heterocycles. The first kappa shape index (κ1) is 24.2. The second-order valence-corrected chi connectivity index (χ2v) is 8.46. The number of carbonyl (C=O) groups excluding carboxylic acids is 3. The van der Waals surface area contributed by atoms with Crippen molar-refractivity contribution in [1.29, 1.82) is 0 Å². The van der Waals surface area contributed by atoms with Gasteiger partial charge in [0.15, 0.2) is 0 Å². The van der Waals surface area contributed by atoms with Crippen molar-refractivity contribution in [2.45, 2.75) is 58.7 Å². The lowest BCUT2D eigenvalue weighted by Gasteiger charge is -2.34. The summed E-state index contributed by atoms with van der Waals surface area (Å²) in [6.45, 7) is 6.26. The molecule has 0 saturated carbocycles. The smallest absolute Gasteiger partial charge is 0.328 e. The highest BCUT2D eigenvalue weighted by Crippen LogP contribution is 2.20. The minimum atomic E-state index is -0.735. The van der Waals surface area contributed by atoms with Gasteiger partial charge in [-0.15, -0.1) is 0 Å². The molecular formula is C25H31N3O5. The van der Waals surface area contributed by atoms with Gasteiger partial charge in [-0.2, -0.15) is 0 Å². The number of likely N-dealkylation sites (tertiary alicyclic amines) is 1. The number of amides is 2. The summed E-state index contributed by atoms with van der Waals surface area (Å²) in [5, 5.41) is 2.73. The molecule has 0 aliphatic carbocycles. The number of piperidine rings is 1. The third-order valence-electron chi connectivity index (χ3n) is 5.50. The zero-order chi connectivity index (χ0) is 24.0. The van der Waals surface area contributed by atoms with Crippen LogP contribution in [0.1, 0.15) is 66.3 Å². The molecule has 0 bridgehead atoms. The molecule has 0 unspecified atom stereocenters. The molecule has 1 N–H and O–H groups in total. The Bertz CT molecular complexity index is 1060. The van der Waals surface area contributed by atoms with Crippen LogP contribution in [-0.4, -0.2) is 52.5 Å². The summed E-state index contributed by atoms with van der Waals surface area (Å²) in [5.74, 6) is -1.56. The number of nitrogens with one attached hydrogen (secondary N) is 1. The van der Waals surface area contributed by atoms with Crippen LogP contribution in [0.5, 0.6) is 0 Å². The van der Waals surface area contributed by atoms with Crippen LogP contribution >= 0.6 is 0 Å². The molecule has 2 amide bonds. The summed E-state index contributed by atoms with van der Waals surface area (Å²) in [6.07, 6.45) is 4.95. The molecule has 1 aliphatic rings. The molecule has 1 atom stereocenters. The zero-order valence-corrected chi connectivity index (χ0v) is 19.4. The van der Waals surface area contributed by atoms with Crippen LogP contribution in [-0.2, 0) is 16.1 Å². The topological polar surface area (TPSA) is 97.7 Å². The Kier molecular flexibility index (Phi) is 8.03. The van der Waals surface area contributed by atoms with Crippen LogP contribution < -0.4 is 10.7 Å². The summed E-state index contributed by atoms with van der Waals surface area (Å²) < 4.78 is 6.83. The molecule has 1 saturated heterocycles. The third kappa shape index (κ3) is 5.88. The van der Waals surface area contributed by atoms with E-state index in [1.54, 1.807) is 25.3 Å². The Hall–Kier alpha value is -3.42. The Morgan fingerprint density at radius 1 is 1.09 bits per heavy atom. The van der Waals surface area contributed by atoms with Crippen molar-refractivity contribution in [2.24, 2.45) is 0 Å². The average Bonchev–Trinajstić information content (AvgIpc) is 2.80. The van der Waals surface area contributed by atoms with E-state index in [1.165, 1.54) is 17.3 Å². The lowest BCUT2D eigenvalue weighted by atomic mass is 10.0. The van der Waals surface area contributed by atoms with Crippen LogP contribution in [0.15, 0.2) is 47.5 Å². The van der Waals surface area contributed by atoms with Gasteiger partial charge < -0.3 is 19.5 Å². The number of ether oxygens (including phenoxy) is 1. The third-order valence-corrected chi connectivity index (χ3v) is 5.50. The number of hydrogen-bond donors (Lipinski definition) is 1. The number of rotatable bonds is 7. The highest BCUT2D eigenvalue weighted by atomic mass is 16.5. The predicted octanol–water partition coefficient (Wildman–Crippen LogP) is 2.59. The van der Waals surface area contributed by atoms with Gasteiger partial charge in [-0.05, 0) is 45.6 Å². The van der Waals surface area contributed by atoms with Gasteiger partial charge in [-0.1, -0.05) is 30.3 Å². The van der Waals surface area contributed by atoms with Gasteiger partial charge in [-0.3, -0.25) is 14.4 Å². The predicted molar refractivity (Wildman–Crippen MR) is 124 cm³/mol. The Balaban J connectivity index is 2.03. The molecule has 8 heteroatoms. The minimum absolute atomic E-state index is 0.102. The largest absolute Gasteiger partial charge is 0.464 e. The second kappa shape index (κ2) is 10.9. The zero-order valence-electron chi connectivity index (χ0n) is 19.4. The van der Waals surface area contributed by atoms with Crippen molar-refractivity contribution in [3.8, 4) is 0 Å². The SMILES string of the molecule is CCOC(=O)[C@H]1CCCCN1C(=O)c1cn(Cc2ccccc2)cc(C(=O)NC(C)C)c1=O. The van der Waals surface area contributed by atoms with Gasteiger partial charge in [0, 0.05) is 31.5 Å². The summed E-state index contributed by atoms with van der Waals surface area (Å²) in [5.41, 5.74) is 0.0847. The Labute approximate surface area is 193 Å². The van der Waals surface area contributed by atoms with Crippen LogP contribution in [0.25, 0.3) is 0 Å². The second-order valence-electron chi connectivity index (χ2n) is 8.46. The molecule has 176 valence electrons. The monoisotopic (exact) mass is 453 g/mol. The summed E-state index contributed by atoms with van der Waals surface area (Å²) in [4.78, 5) is 53.4. The maximum absolute atomic E-state index is 13.5. The molecule has 1 fully saturated rings. The molecule has 2 heterocycles. The molecule has 0 radical (unpaired) electrons. The average molecular weight is 454 g/mol. The van der Waals surface area contributed by atoms with Gasteiger partial charge in [0.25, 0.3) is 11.8 Å². The van der Waals surface area contributed by atoms with Gasteiger partial charge in [0.1, 0.15) is 17.2 Å². The van der Waals surface area contributed by atoms with Crippen molar-refractivity contribution >= 4 is 17.8 Å². The first-order chi connectivity index (χ1) is 15.8. The number of nitrogens with zero attached hydrogens (tertiary/aromatic N) is 2. The lowest BCUT2D eigenvalue weighted by molar-refractivity contribution is -0.149. The van der Waals surface area contributed by atoms with E-state index in [-0.39, 0.29) is 23.8 Å². The molecule has 1 aliphatic heterocycles. The standard InChI is InChI=1S/C25H31N3O5/c1-4-33-25(32)21-12-8-9-13-28(21)24(31)20-16-27(14-18-10-6-5-7-11-18)15-19(22(20)29)23(30)26-17(2)3/h5-7,10-11,15-17,21H,4,8-9,12-14H2,1-3H3,(H,26,30)/t21-/m1/s1. The van der Waals surface area contributed by atoms with Gasteiger partial charge in [-0.25, -0.2) is 4.79 Å². The molecule has 3 rings (SSSR count). The lowest BCUT2D eigenvalue weighted by Crippen LogP contribution is -2.50. The van der Waals surface area contributed by atoms with Crippen molar-refractivity contribution in [3.63, 3.8) is 0 Å². The Morgan fingerprint density at radius 2 is 1.79 bits per heavy atom. The van der Waals surface area contributed by atoms with Gasteiger partial charge in [0.05, 0.1) is 6.61 Å². The van der Waals surface area contributed by atoms with E-state index in [0.29, 0.717) is 19.5 Å². The van der Waals surface area contributed by atoms with Crippen molar-refractivity contribution in [3.05, 3.63) is 69.6 Å². The number of benzene rings is 1. The Morgan fingerprint density at radius 3 is 2.45 bits per heavy atom. The van der Waals surface area contributed by atoms with E-state index in [2.05, 4.69) is 5.32 Å². The highest BCUT2D eigenvalue weighted by molar-refractivity contribution is 6.00. The summed E-state index contributed by atoms with van der Waals surface area (Å²) in [7, 11) is 0. The maximum Gasteiger partial charge on any atom is 0.328 e. The van der Waals surface area contributed by atoms with Crippen molar-refractivity contribution < 1.29 is 19.1 Å². The normalized spacial score (nSPS) is 15.9. The van der Waals surface area contributed by atoms with E-state index in [1.807, 2.05) is 30.3 Å². The van der Waals surface area contributed by atoms with Crippen molar-refractivity contribution in [1.82, 2.24) is 14.8 Å². The number of esters is 1. The quantitative estimate of drug-likeness (QED) is 0.650. The molecular weight excluding hydrogens is 422 g/mol. The van der Waals surface area contributed by atoms with Crippen LogP contribution in [0, 0.1) is 0 Å². The minimum Gasteiger partial charge on any atom is -0.464 e. The van der Waals surface area contributed by atoms with Gasteiger partial charge in [0.2, 0.25) is 5.43 Å². The number of hydrogen-bond acceptors (Lipinski definition) is 5. The molecule has 2 aromatic rings. The van der Waals surface area contributed by atoms with Crippen LogP contribution in [0.2, 0.25) is 0 Å². The van der Waals surface area contributed by atoms with E-state index in [4.69, 9.17) is 4.74 Å². The molecule has 33 heavy (non-hydrogen) atoms. The first-order valence-corrected chi connectivity index (χ1v) is 11.4. The fraction of sp³-hybridized carbons (Fsp3) is 0.440. The highest BCUT2D eigenvalue weighted by Gasteiger charge is 2.35. The van der Waals surface area contributed by atoms with E-state index < -0.39 is 29.3 Å².